The third-order valence-corrected chi connectivity index (χ3v) is 2.58. The Kier molecular flexibility index (Phi) is 4.52. The van der Waals surface area contributed by atoms with Gasteiger partial charge in [0.25, 0.3) is 5.91 Å². The molecule has 0 heterocycles. The van der Waals surface area contributed by atoms with E-state index in [1.54, 1.807) is 6.07 Å². The van der Waals surface area contributed by atoms with Gasteiger partial charge in [0.2, 0.25) is 0 Å². The van der Waals surface area contributed by atoms with E-state index in [1.165, 1.54) is 26.2 Å². The third-order valence-electron chi connectivity index (χ3n) is 2.58. The van der Waals surface area contributed by atoms with Crippen LogP contribution >= 0.6 is 0 Å². The summed E-state index contributed by atoms with van der Waals surface area (Å²) in [5.74, 6) is -0.108. The number of hydrogen-bond acceptors (Lipinski definition) is 5. The van der Waals surface area contributed by atoms with E-state index in [1.807, 2.05) is 0 Å². The van der Waals surface area contributed by atoms with Crippen LogP contribution in [0.25, 0.3) is 0 Å². The molecule has 5 N–H and O–H groups in total. The molecule has 0 aromatic heterocycles. The van der Waals surface area contributed by atoms with Crippen LogP contribution in [0.4, 0.5) is 5.69 Å². The molecule has 0 unspecified atom stereocenters. The van der Waals surface area contributed by atoms with Gasteiger partial charge < -0.3 is 26.0 Å². The number of nitrogen functional groups attached to an aromatic ring is 1. The Morgan fingerprint density at radius 3 is 2.56 bits per heavy atom. The van der Waals surface area contributed by atoms with E-state index < -0.39 is 11.4 Å². The third kappa shape index (κ3) is 3.12. The van der Waals surface area contributed by atoms with Crippen LogP contribution in [0.1, 0.15) is 17.3 Å². The van der Waals surface area contributed by atoms with Gasteiger partial charge >= 0.3 is 0 Å². The second-order valence-corrected chi connectivity index (χ2v) is 4.29. The van der Waals surface area contributed by atoms with Crippen LogP contribution in [0.15, 0.2) is 18.2 Å². The lowest BCUT2D eigenvalue weighted by molar-refractivity contribution is 0.0721. The average molecular weight is 254 g/mol. The van der Waals surface area contributed by atoms with Gasteiger partial charge in [-0.05, 0) is 19.1 Å². The summed E-state index contributed by atoms with van der Waals surface area (Å²) in [6.07, 6.45) is 0. The van der Waals surface area contributed by atoms with Crippen molar-refractivity contribution >= 4 is 11.6 Å². The molecule has 0 saturated heterocycles. The molecule has 1 aromatic rings. The summed E-state index contributed by atoms with van der Waals surface area (Å²) in [6.45, 7) is 0.799. The molecule has 0 aliphatic rings. The van der Waals surface area contributed by atoms with E-state index in [-0.39, 0.29) is 13.2 Å². The number of anilines is 1. The Balaban J connectivity index is 2.97. The van der Waals surface area contributed by atoms with Gasteiger partial charge in [-0.1, -0.05) is 0 Å². The molecular formula is C12H18N2O4. The summed E-state index contributed by atoms with van der Waals surface area (Å²) in [4.78, 5) is 12.0. The number of rotatable bonds is 5. The molecule has 100 valence electrons. The predicted molar refractivity (Wildman–Crippen MR) is 67.4 cm³/mol. The van der Waals surface area contributed by atoms with Gasteiger partial charge in [0, 0.05) is 11.8 Å². The molecule has 0 saturated carbocycles. The second-order valence-electron chi connectivity index (χ2n) is 4.29. The van der Waals surface area contributed by atoms with Gasteiger partial charge in [-0.2, -0.15) is 0 Å². The van der Waals surface area contributed by atoms with Crippen molar-refractivity contribution in [2.45, 2.75) is 12.5 Å². The maximum absolute atomic E-state index is 12.0. The number of methoxy groups -OCH3 is 1. The molecular weight excluding hydrogens is 236 g/mol. The molecule has 18 heavy (non-hydrogen) atoms. The Labute approximate surface area is 105 Å². The molecule has 6 nitrogen and oxygen atoms in total. The largest absolute Gasteiger partial charge is 0.496 e. The maximum Gasteiger partial charge on any atom is 0.255 e. The standard InChI is InChI=1S/C12H18N2O4/c1-12(6-15,7-16)14-11(17)9-4-3-8(13)5-10(9)18-2/h3-5,15-16H,6-7,13H2,1-2H3,(H,14,17). The van der Waals surface area contributed by atoms with Crippen LogP contribution in [-0.2, 0) is 0 Å². The number of aliphatic hydroxyl groups excluding tert-OH is 2. The summed E-state index contributed by atoms with van der Waals surface area (Å²) in [5, 5.41) is 20.8. The smallest absolute Gasteiger partial charge is 0.255 e. The fourth-order valence-electron chi connectivity index (χ4n) is 1.37. The van der Waals surface area contributed by atoms with Crippen LogP contribution in [0.5, 0.6) is 5.75 Å². The number of hydrogen-bond donors (Lipinski definition) is 4. The van der Waals surface area contributed by atoms with Gasteiger partial charge in [-0.15, -0.1) is 0 Å². The molecule has 0 spiro atoms. The lowest BCUT2D eigenvalue weighted by Crippen LogP contribution is -2.51. The van der Waals surface area contributed by atoms with E-state index >= 15 is 0 Å². The lowest BCUT2D eigenvalue weighted by Gasteiger charge is -2.26. The van der Waals surface area contributed by atoms with Crippen molar-refractivity contribution < 1.29 is 19.7 Å². The minimum absolute atomic E-state index is 0.292. The topological polar surface area (TPSA) is 105 Å². The normalized spacial score (nSPS) is 11.1. The highest BCUT2D eigenvalue weighted by atomic mass is 16.5. The number of ether oxygens (including phenoxy) is 1. The van der Waals surface area contributed by atoms with Crippen molar-refractivity contribution in [2.75, 3.05) is 26.1 Å². The molecule has 0 aliphatic carbocycles. The number of benzene rings is 1. The minimum Gasteiger partial charge on any atom is -0.496 e. The zero-order chi connectivity index (χ0) is 13.8. The highest BCUT2D eigenvalue weighted by Crippen LogP contribution is 2.22. The molecule has 0 radical (unpaired) electrons. The first-order chi connectivity index (χ1) is 8.45. The highest BCUT2D eigenvalue weighted by Gasteiger charge is 2.26. The minimum atomic E-state index is -1.08. The summed E-state index contributed by atoms with van der Waals surface area (Å²) < 4.78 is 5.06. The van der Waals surface area contributed by atoms with Crippen LogP contribution in [0.2, 0.25) is 0 Å². The zero-order valence-corrected chi connectivity index (χ0v) is 10.4. The number of carbonyl (C=O) groups excluding carboxylic acids is 1. The number of carbonyl (C=O) groups is 1. The quantitative estimate of drug-likeness (QED) is 0.542. The monoisotopic (exact) mass is 254 g/mol. The van der Waals surface area contributed by atoms with Crippen LogP contribution in [0.3, 0.4) is 0 Å². The fourth-order valence-corrected chi connectivity index (χ4v) is 1.37. The van der Waals surface area contributed by atoms with Crippen molar-refractivity contribution in [3.63, 3.8) is 0 Å². The van der Waals surface area contributed by atoms with Crippen molar-refractivity contribution in [3.8, 4) is 5.75 Å². The van der Waals surface area contributed by atoms with E-state index in [2.05, 4.69) is 5.32 Å². The van der Waals surface area contributed by atoms with Gasteiger partial charge in [0.05, 0.1) is 31.4 Å². The Morgan fingerprint density at radius 2 is 2.06 bits per heavy atom. The molecule has 0 atom stereocenters. The molecule has 1 rings (SSSR count). The van der Waals surface area contributed by atoms with Crippen molar-refractivity contribution in [3.05, 3.63) is 23.8 Å². The Morgan fingerprint density at radius 1 is 1.44 bits per heavy atom. The van der Waals surface area contributed by atoms with Crippen molar-refractivity contribution in [1.29, 1.82) is 0 Å². The molecule has 0 fully saturated rings. The number of aliphatic hydroxyl groups is 2. The van der Waals surface area contributed by atoms with Crippen LogP contribution in [-0.4, -0.2) is 42.0 Å². The summed E-state index contributed by atoms with van der Waals surface area (Å²) >= 11 is 0. The van der Waals surface area contributed by atoms with E-state index in [9.17, 15) is 4.79 Å². The average Bonchev–Trinajstić information content (AvgIpc) is 2.38. The summed E-state index contributed by atoms with van der Waals surface area (Å²) in [6, 6.07) is 4.63. The van der Waals surface area contributed by atoms with Crippen LogP contribution < -0.4 is 15.8 Å². The maximum atomic E-state index is 12.0. The van der Waals surface area contributed by atoms with Gasteiger partial charge in [-0.25, -0.2) is 0 Å². The fraction of sp³-hybridized carbons (Fsp3) is 0.417. The first-order valence-corrected chi connectivity index (χ1v) is 5.43. The predicted octanol–water partition coefficient (Wildman–Crippen LogP) is -0.249. The number of nitrogens with one attached hydrogen (secondary N) is 1. The second kappa shape index (κ2) is 5.70. The van der Waals surface area contributed by atoms with Gasteiger partial charge in [-0.3, -0.25) is 4.79 Å². The van der Waals surface area contributed by atoms with E-state index in [4.69, 9.17) is 20.7 Å². The Bertz CT molecular complexity index is 430. The summed E-state index contributed by atoms with van der Waals surface area (Å²) in [7, 11) is 1.43. The van der Waals surface area contributed by atoms with Crippen molar-refractivity contribution in [2.24, 2.45) is 0 Å². The SMILES string of the molecule is COc1cc(N)ccc1C(=O)NC(C)(CO)CO. The first-order valence-electron chi connectivity index (χ1n) is 5.43. The van der Waals surface area contributed by atoms with Crippen LogP contribution in [0, 0.1) is 0 Å². The molecule has 6 heteroatoms. The number of nitrogens with two attached hydrogens (primary N) is 1. The summed E-state index contributed by atoms with van der Waals surface area (Å²) in [5.41, 5.74) is 5.28. The van der Waals surface area contributed by atoms with Gasteiger partial charge in [0.1, 0.15) is 5.75 Å². The van der Waals surface area contributed by atoms with E-state index in [0.29, 0.717) is 17.0 Å². The molecule has 1 aromatic carbocycles. The van der Waals surface area contributed by atoms with Crippen molar-refractivity contribution in [1.82, 2.24) is 5.32 Å². The first kappa shape index (κ1) is 14.3. The Hall–Kier alpha value is -1.79. The zero-order valence-electron chi connectivity index (χ0n) is 10.4. The van der Waals surface area contributed by atoms with Gasteiger partial charge in [0.15, 0.2) is 0 Å². The molecule has 0 bridgehead atoms. The molecule has 1 amide bonds. The number of amides is 1. The highest BCUT2D eigenvalue weighted by molar-refractivity contribution is 5.97. The molecule has 0 aliphatic heterocycles. The van der Waals surface area contributed by atoms with E-state index in [0.717, 1.165) is 0 Å². The lowest BCUT2D eigenvalue weighted by atomic mass is 10.0.